The molecule has 0 unspecified atom stereocenters. The summed E-state index contributed by atoms with van der Waals surface area (Å²) in [7, 11) is 0. The first kappa shape index (κ1) is 25.3. The Morgan fingerprint density at radius 2 is 1.64 bits per heavy atom. The van der Waals surface area contributed by atoms with Crippen LogP contribution < -0.4 is 14.9 Å². The van der Waals surface area contributed by atoms with E-state index in [0.29, 0.717) is 17.1 Å². The van der Waals surface area contributed by atoms with Crippen LogP contribution in [0, 0.1) is 0 Å². The van der Waals surface area contributed by atoms with Gasteiger partial charge in [0.15, 0.2) is 6.61 Å². The minimum absolute atomic E-state index is 0.223. The molecule has 180 valence electrons. The number of fused-ring (bicyclic) bond motifs is 1. The lowest BCUT2D eigenvalue weighted by molar-refractivity contribution is -0.129. The number of hydrazone groups is 1. The number of carbonyl (C=O) groups excluding carboxylic acids is 2. The second-order valence-electron chi connectivity index (χ2n) is 7.53. The first-order valence-electron chi connectivity index (χ1n) is 10.9. The summed E-state index contributed by atoms with van der Waals surface area (Å²) in [6, 6.07) is 26.1. The van der Waals surface area contributed by atoms with E-state index in [1.165, 1.54) is 12.3 Å². The molecule has 0 atom stereocenters. The highest BCUT2D eigenvalue weighted by atomic mass is 79.9. The van der Waals surface area contributed by atoms with Gasteiger partial charge in [-0.2, -0.15) is 5.10 Å². The Bertz CT molecular complexity index is 1450. The highest BCUT2D eigenvalue weighted by Gasteiger charge is 2.09. The van der Waals surface area contributed by atoms with Crippen molar-refractivity contribution in [3.63, 3.8) is 0 Å². The standard InChI is InChI=1S/C28H20Br2N2O4/c29-22-12-14-24(36-27(34)15-10-19-6-2-1-3-7-19)21(16-22)17-31-32-26(33)18-35-25-13-11-20-8-4-5-9-23(20)28(25)30/h1-17H,18H2,(H,32,33)/b15-10+,31-17+. The topological polar surface area (TPSA) is 77.0 Å². The van der Waals surface area contributed by atoms with Gasteiger partial charge in [0.25, 0.3) is 5.91 Å². The van der Waals surface area contributed by atoms with Gasteiger partial charge in [-0.05, 0) is 62.6 Å². The van der Waals surface area contributed by atoms with E-state index in [-0.39, 0.29) is 6.61 Å². The molecule has 0 aliphatic rings. The van der Waals surface area contributed by atoms with Crippen LogP contribution in [0.25, 0.3) is 16.8 Å². The van der Waals surface area contributed by atoms with E-state index in [1.54, 1.807) is 30.3 Å². The zero-order chi connectivity index (χ0) is 25.3. The van der Waals surface area contributed by atoms with Crippen molar-refractivity contribution < 1.29 is 19.1 Å². The van der Waals surface area contributed by atoms with Crippen LogP contribution in [-0.2, 0) is 9.59 Å². The van der Waals surface area contributed by atoms with Crippen molar-refractivity contribution in [2.45, 2.75) is 0 Å². The van der Waals surface area contributed by atoms with Gasteiger partial charge in [-0.15, -0.1) is 0 Å². The highest BCUT2D eigenvalue weighted by molar-refractivity contribution is 9.11. The summed E-state index contributed by atoms with van der Waals surface area (Å²) < 4.78 is 12.6. The Morgan fingerprint density at radius 3 is 2.47 bits per heavy atom. The molecule has 0 aliphatic heterocycles. The number of nitrogens with one attached hydrogen (secondary N) is 1. The molecule has 0 radical (unpaired) electrons. The molecule has 0 aromatic heterocycles. The van der Waals surface area contributed by atoms with Gasteiger partial charge in [-0.3, -0.25) is 4.79 Å². The van der Waals surface area contributed by atoms with Crippen molar-refractivity contribution in [3.8, 4) is 11.5 Å². The number of esters is 1. The van der Waals surface area contributed by atoms with Crippen molar-refractivity contribution in [1.29, 1.82) is 0 Å². The third kappa shape index (κ3) is 6.90. The Morgan fingerprint density at radius 1 is 0.889 bits per heavy atom. The molecule has 0 saturated heterocycles. The molecule has 0 spiro atoms. The van der Waals surface area contributed by atoms with Crippen LogP contribution in [0.15, 0.2) is 105 Å². The zero-order valence-electron chi connectivity index (χ0n) is 18.9. The number of hydrogen-bond donors (Lipinski definition) is 1. The second-order valence-corrected chi connectivity index (χ2v) is 9.24. The molecule has 4 rings (SSSR count). The molecule has 36 heavy (non-hydrogen) atoms. The maximum atomic E-state index is 12.3. The molecule has 0 saturated carbocycles. The van der Waals surface area contributed by atoms with Gasteiger partial charge in [0.1, 0.15) is 11.5 Å². The van der Waals surface area contributed by atoms with E-state index in [4.69, 9.17) is 9.47 Å². The average molecular weight is 608 g/mol. The zero-order valence-corrected chi connectivity index (χ0v) is 22.0. The van der Waals surface area contributed by atoms with E-state index >= 15 is 0 Å². The molecule has 0 heterocycles. The molecular weight excluding hydrogens is 588 g/mol. The van der Waals surface area contributed by atoms with Gasteiger partial charge >= 0.3 is 5.97 Å². The number of carbonyl (C=O) groups is 2. The molecule has 1 N–H and O–H groups in total. The molecule has 4 aromatic rings. The van der Waals surface area contributed by atoms with Crippen LogP contribution in [0.5, 0.6) is 11.5 Å². The summed E-state index contributed by atoms with van der Waals surface area (Å²) in [5.41, 5.74) is 3.81. The van der Waals surface area contributed by atoms with Gasteiger partial charge in [-0.1, -0.05) is 76.6 Å². The number of amides is 1. The highest BCUT2D eigenvalue weighted by Crippen LogP contribution is 2.33. The average Bonchev–Trinajstić information content (AvgIpc) is 2.89. The Kier molecular flexibility index (Phi) is 8.65. The van der Waals surface area contributed by atoms with Crippen molar-refractivity contribution in [1.82, 2.24) is 5.43 Å². The van der Waals surface area contributed by atoms with Crippen molar-refractivity contribution in [2.75, 3.05) is 6.61 Å². The maximum Gasteiger partial charge on any atom is 0.336 e. The monoisotopic (exact) mass is 606 g/mol. The summed E-state index contributed by atoms with van der Waals surface area (Å²) in [4.78, 5) is 24.5. The third-order valence-electron chi connectivity index (χ3n) is 4.97. The van der Waals surface area contributed by atoms with Crippen LogP contribution in [0.1, 0.15) is 11.1 Å². The van der Waals surface area contributed by atoms with Crippen molar-refractivity contribution in [3.05, 3.63) is 111 Å². The minimum atomic E-state index is -0.533. The lowest BCUT2D eigenvalue weighted by atomic mass is 10.1. The van der Waals surface area contributed by atoms with Crippen LogP contribution >= 0.6 is 31.9 Å². The van der Waals surface area contributed by atoms with Gasteiger partial charge in [-0.25, -0.2) is 10.2 Å². The predicted octanol–water partition coefficient (Wildman–Crippen LogP) is 6.51. The summed E-state index contributed by atoms with van der Waals surface area (Å²) in [6.45, 7) is -0.223. The third-order valence-corrected chi connectivity index (χ3v) is 6.28. The smallest absolute Gasteiger partial charge is 0.336 e. The van der Waals surface area contributed by atoms with E-state index in [9.17, 15) is 9.59 Å². The van der Waals surface area contributed by atoms with Crippen LogP contribution in [0.3, 0.4) is 0 Å². The van der Waals surface area contributed by atoms with E-state index < -0.39 is 11.9 Å². The van der Waals surface area contributed by atoms with Gasteiger partial charge < -0.3 is 9.47 Å². The SMILES string of the molecule is O=C(COc1ccc2ccccc2c1Br)N/N=C/c1cc(Br)ccc1OC(=O)/C=C/c1ccccc1. The fraction of sp³-hybridized carbons (Fsp3) is 0.0357. The number of hydrogen-bond acceptors (Lipinski definition) is 5. The quantitative estimate of drug-likeness (QED) is 0.0814. The molecule has 1 amide bonds. The maximum absolute atomic E-state index is 12.3. The number of nitrogens with zero attached hydrogens (tertiary/aromatic N) is 1. The fourth-order valence-electron chi connectivity index (χ4n) is 3.26. The number of benzene rings is 4. The number of halogens is 2. The van der Waals surface area contributed by atoms with Crippen LogP contribution in [0.2, 0.25) is 0 Å². The minimum Gasteiger partial charge on any atom is -0.483 e. The Balaban J connectivity index is 1.35. The largest absolute Gasteiger partial charge is 0.483 e. The predicted molar refractivity (Wildman–Crippen MR) is 148 cm³/mol. The number of rotatable bonds is 8. The molecule has 0 fully saturated rings. The van der Waals surface area contributed by atoms with Gasteiger partial charge in [0.05, 0.1) is 10.7 Å². The molecule has 0 aliphatic carbocycles. The van der Waals surface area contributed by atoms with E-state index in [2.05, 4.69) is 42.4 Å². The lowest BCUT2D eigenvalue weighted by Crippen LogP contribution is -2.24. The summed E-state index contributed by atoms with van der Waals surface area (Å²) in [5, 5.41) is 6.03. The summed E-state index contributed by atoms with van der Waals surface area (Å²) >= 11 is 6.93. The van der Waals surface area contributed by atoms with E-state index in [0.717, 1.165) is 25.3 Å². The summed E-state index contributed by atoms with van der Waals surface area (Å²) in [6.07, 6.45) is 4.42. The molecular formula is C28H20Br2N2O4. The van der Waals surface area contributed by atoms with E-state index in [1.807, 2.05) is 60.7 Å². The van der Waals surface area contributed by atoms with Crippen molar-refractivity contribution >= 4 is 66.8 Å². The van der Waals surface area contributed by atoms with Crippen molar-refractivity contribution in [2.24, 2.45) is 5.10 Å². The molecule has 4 aromatic carbocycles. The molecule has 8 heteroatoms. The normalized spacial score (nSPS) is 11.2. The van der Waals surface area contributed by atoms with Crippen LogP contribution in [0.4, 0.5) is 0 Å². The fourth-order valence-corrected chi connectivity index (χ4v) is 4.24. The Hall–Kier alpha value is -3.75. The van der Waals surface area contributed by atoms with Gasteiger partial charge in [0, 0.05) is 16.1 Å². The lowest BCUT2D eigenvalue weighted by Gasteiger charge is -2.09. The Labute approximate surface area is 224 Å². The first-order chi connectivity index (χ1) is 17.5. The first-order valence-corrected chi connectivity index (χ1v) is 12.4. The molecule has 0 bridgehead atoms. The second kappa shape index (κ2) is 12.3. The number of ether oxygens (including phenoxy) is 2. The van der Waals surface area contributed by atoms with Gasteiger partial charge in [0.2, 0.25) is 0 Å². The summed E-state index contributed by atoms with van der Waals surface area (Å²) in [5.74, 6) is -0.118. The molecule has 6 nitrogen and oxygen atoms in total. The van der Waals surface area contributed by atoms with Crippen LogP contribution in [-0.4, -0.2) is 24.7 Å².